The highest BCUT2D eigenvalue weighted by molar-refractivity contribution is 9.09. The third-order valence-electron chi connectivity index (χ3n) is 1.67. The second-order valence-electron chi connectivity index (χ2n) is 2.65. The summed E-state index contributed by atoms with van der Waals surface area (Å²) in [5.41, 5.74) is 0.376. The zero-order valence-corrected chi connectivity index (χ0v) is 9.13. The summed E-state index contributed by atoms with van der Waals surface area (Å²) in [7, 11) is 0. The average Bonchev–Trinajstić information content (AvgIpc) is 2.09. The summed E-state index contributed by atoms with van der Waals surface area (Å²) < 4.78 is 26.0. The van der Waals surface area contributed by atoms with Gasteiger partial charge in [-0.1, -0.05) is 27.5 Å². The van der Waals surface area contributed by atoms with E-state index in [0.29, 0.717) is 12.0 Å². The average molecular weight is 270 g/mol. The number of halogens is 4. The molecule has 0 atom stereocenters. The third kappa shape index (κ3) is 2.92. The van der Waals surface area contributed by atoms with Gasteiger partial charge in [0.15, 0.2) is 0 Å². The molecule has 0 nitrogen and oxygen atoms in total. The van der Waals surface area contributed by atoms with E-state index in [9.17, 15) is 8.78 Å². The largest absolute Gasteiger partial charge is 0.207 e. The number of alkyl halides is 1. The van der Waals surface area contributed by atoms with E-state index in [-0.39, 0.29) is 5.02 Å². The molecule has 0 saturated heterocycles. The summed E-state index contributed by atoms with van der Waals surface area (Å²) in [5, 5.41) is 0.608. The summed E-state index contributed by atoms with van der Waals surface area (Å²) in [6.07, 6.45) is 1.29. The van der Waals surface area contributed by atoms with Crippen LogP contribution in [-0.2, 0) is 6.42 Å². The van der Waals surface area contributed by atoms with Gasteiger partial charge >= 0.3 is 0 Å². The Balaban J connectivity index is 2.88. The quantitative estimate of drug-likeness (QED) is 0.576. The molecule has 0 bridgehead atoms. The van der Waals surface area contributed by atoms with Crippen LogP contribution in [0, 0.1) is 11.6 Å². The topological polar surface area (TPSA) is 0 Å². The molecule has 0 aliphatic carbocycles. The van der Waals surface area contributed by atoms with E-state index in [1.165, 1.54) is 0 Å². The fourth-order valence-corrected chi connectivity index (χ4v) is 1.44. The minimum absolute atomic E-state index is 0.167. The molecule has 0 aromatic heterocycles. The van der Waals surface area contributed by atoms with Crippen molar-refractivity contribution in [1.29, 1.82) is 0 Å². The van der Waals surface area contributed by atoms with Crippen molar-refractivity contribution >= 4 is 27.5 Å². The highest BCUT2D eigenvalue weighted by atomic mass is 79.9. The highest BCUT2D eigenvalue weighted by Crippen LogP contribution is 2.20. The summed E-state index contributed by atoms with van der Waals surface area (Å²) in [6.45, 7) is 0. The Labute approximate surface area is 89.0 Å². The molecule has 0 fully saturated rings. The van der Waals surface area contributed by atoms with E-state index in [4.69, 9.17) is 11.6 Å². The summed E-state index contributed by atoms with van der Waals surface area (Å²) in [5.74, 6) is -1.00. The zero-order chi connectivity index (χ0) is 9.84. The number of rotatable bonds is 3. The van der Waals surface area contributed by atoms with Gasteiger partial charge in [-0.15, -0.1) is 0 Å². The predicted molar refractivity (Wildman–Crippen MR) is 53.5 cm³/mol. The lowest BCUT2D eigenvalue weighted by Crippen LogP contribution is -1.93. The second kappa shape index (κ2) is 4.91. The Bertz CT molecular complexity index is 302. The Morgan fingerprint density at radius 1 is 1.23 bits per heavy atom. The molecule has 0 heterocycles. The van der Waals surface area contributed by atoms with Crippen LogP contribution in [0.1, 0.15) is 12.0 Å². The van der Waals surface area contributed by atoms with Crippen LogP contribution in [-0.4, -0.2) is 5.33 Å². The Kier molecular flexibility index (Phi) is 4.13. The van der Waals surface area contributed by atoms with Gasteiger partial charge in [-0.3, -0.25) is 0 Å². The Morgan fingerprint density at radius 3 is 2.54 bits per heavy atom. The first-order valence-corrected chi connectivity index (χ1v) is 5.34. The first-order valence-electron chi connectivity index (χ1n) is 3.84. The van der Waals surface area contributed by atoms with E-state index < -0.39 is 11.6 Å². The summed E-state index contributed by atoms with van der Waals surface area (Å²) >= 11 is 8.62. The molecule has 1 aromatic rings. The van der Waals surface area contributed by atoms with Crippen LogP contribution in [0.15, 0.2) is 12.1 Å². The van der Waals surface area contributed by atoms with Gasteiger partial charge in [0.25, 0.3) is 0 Å². The molecule has 0 spiro atoms. The van der Waals surface area contributed by atoms with Gasteiger partial charge in [0.1, 0.15) is 11.6 Å². The normalized spacial score (nSPS) is 10.5. The van der Waals surface area contributed by atoms with Crippen molar-refractivity contribution in [2.75, 3.05) is 5.33 Å². The van der Waals surface area contributed by atoms with Crippen molar-refractivity contribution in [2.45, 2.75) is 12.8 Å². The van der Waals surface area contributed by atoms with Crippen LogP contribution >= 0.6 is 27.5 Å². The molecule has 13 heavy (non-hydrogen) atoms. The van der Waals surface area contributed by atoms with Gasteiger partial charge in [0.05, 0.1) is 5.02 Å². The van der Waals surface area contributed by atoms with Crippen molar-refractivity contribution in [3.05, 3.63) is 34.4 Å². The number of benzene rings is 1. The molecule has 0 radical (unpaired) electrons. The monoisotopic (exact) mass is 268 g/mol. The predicted octanol–water partition coefficient (Wildman–Crippen LogP) is 3.95. The smallest absolute Gasteiger partial charge is 0.142 e. The van der Waals surface area contributed by atoms with Crippen LogP contribution in [0.5, 0.6) is 0 Å². The molecule has 0 unspecified atom stereocenters. The van der Waals surface area contributed by atoms with E-state index in [0.717, 1.165) is 23.9 Å². The minimum atomic E-state index is -0.562. The maximum Gasteiger partial charge on any atom is 0.142 e. The second-order valence-corrected chi connectivity index (χ2v) is 3.85. The molecule has 1 rings (SSSR count). The van der Waals surface area contributed by atoms with Gasteiger partial charge in [0, 0.05) is 5.33 Å². The van der Waals surface area contributed by atoms with Crippen molar-refractivity contribution in [3.8, 4) is 0 Å². The fraction of sp³-hybridized carbons (Fsp3) is 0.333. The van der Waals surface area contributed by atoms with Crippen molar-refractivity contribution in [2.24, 2.45) is 0 Å². The number of hydrogen-bond donors (Lipinski definition) is 0. The van der Waals surface area contributed by atoms with E-state index in [1.54, 1.807) is 0 Å². The van der Waals surface area contributed by atoms with Gasteiger partial charge in [-0.05, 0) is 30.5 Å². The summed E-state index contributed by atoms with van der Waals surface area (Å²) in [4.78, 5) is 0. The van der Waals surface area contributed by atoms with E-state index in [2.05, 4.69) is 15.9 Å². The minimum Gasteiger partial charge on any atom is -0.207 e. The maximum absolute atomic E-state index is 13.1. The summed E-state index contributed by atoms with van der Waals surface area (Å²) in [6, 6.07) is 2.17. The van der Waals surface area contributed by atoms with Gasteiger partial charge < -0.3 is 0 Å². The molecular formula is C9H8BrClF2. The third-order valence-corrected chi connectivity index (χ3v) is 2.52. The molecule has 0 N–H and O–H groups in total. The molecule has 0 amide bonds. The lowest BCUT2D eigenvalue weighted by molar-refractivity contribution is 0.584. The van der Waals surface area contributed by atoms with Crippen LogP contribution in [0.25, 0.3) is 0 Å². The molecule has 0 aliphatic rings. The highest BCUT2D eigenvalue weighted by Gasteiger charge is 2.07. The molecule has 0 aliphatic heterocycles. The van der Waals surface area contributed by atoms with Gasteiger partial charge in [-0.25, -0.2) is 8.78 Å². The van der Waals surface area contributed by atoms with Crippen molar-refractivity contribution in [1.82, 2.24) is 0 Å². The van der Waals surface area contributed by atoms with E-state index >= 15 is 0 Å². The lowest BCUT2D eigenvalue weighted by atomic mass is 10.1. The van der Waals surface area contributed by atoms with Crippen LogP contribution in [0.4, 0.5) is 8.78 Å². The van der Waals surface area contributed by atoms with Crippen molar-refractivity contribution in [3.63, 3.8) is 0 Å². The first-order chi connectivity index (χ1) is 6.15. The van der Waals surface area contributed by atoms with Crippen LogP contribution in [0.2, 0.25) is 5.02 Å². The van der Waals surface area contributed by atoms with Crippen molar-refractivity contribution < 1.29 is 8.78 Å². The Morgan fingerprint density at radius 2 is 1.92 bits per heavy atom. The molecule has 1 aromatic carbocycles. The van der Waals surface area contributed by atoms with Crippen LogP contribution in [0.3, 0.4) is 0 Å². The van der Waals surface area contributed by atoms with Gasteiger partial charge in [-0.2, -0.15) is 0 Å². The molecule has 4 heteroatoms. The number of hydrogen-bond acceptors (Lipinski definition) is 0. The van der Waals surface area contributed by atoms with Gasteiger partial charge in [0.2, 0.25) is 0 Å². The zero-order valence-electron chi connectivity index (χ0n) is 6.79. The lowest BCUT2D eigenvalue weighted by Gasteiger charge is -2.02. The maximum atomic E-state index is 13.1. The van der Waals surface area contributed by atoms with E-state index in [1.807, 2.05) is 0 Å². The number of aryl methyl sites for hydroxylation is 1. The molecule has 0 saturated carbocycles. The first kappa shape index (κ1) is 10.9. The molecule has 72 valence electrons. The van der Waals surface area contributed by atoms with Crippen LogP contribution < -0.4 is 0 Å². The fourth-order valence-electron chi connectivity index (χ4n) is 1.01. The standard InChI is InChI=1S/C9H8BrClF2/c10-3-1-2-6-4-9(13)7(11)5-8(6)12/h4-5H,1-3H2. The SMILES string of the molecule is Fc1cc(CCCBr)c(F)cc1Cl. The molecular weight excluding hydrogens is 261 g/mol. The Hall–Kier alpha value is -0.150.